The second-order valence-electron chi connectivity index (χ2n) is 6.56. The van der Waals surface area contributed by atoms with Crippen molar-refractivity contribution >= 4 is 11.8 Å². The molecule has 1 heterocycles. The minimum absolute atomic E-state index is 0.0319. The predicted octanol–water partition coefficient (Wildman–Crippen LogP) is 0.786. The van der Waals surface area contributed by atoms with Gasteiger partial charge in [0.15, 0.2) is 0 Å². The molecule has 0 aromatic carbocycles. The summed E-state index contributed by atoms with van der Waals surface area (Å²) >= 11 is 0. The Kier molecular flexibility index (Phi) is 3.96. The average Bonchev–Trinajstić information content (AvgIpc) is 3.03. The third-order valence-electron chi connectivity index (χ3n) is 5.24. The molecule has 2 bridgehead atoms. The first-order valence-corrected chi connectivity index (χ1v) is 7.78. The summed E-state index contributed by atoms with van der Waals surface area (Å²) in [5, 5.41) is 3.10. The van der Waals surface area contributed by atoms with Crippen molar-refractivity contribution in [3.8, 4) is 0 Å². The standard InChI is InChI=1S/C15H24N2O3/c1-10(13-7-11-2-3-12(13)6-11)16-14(18)8-17-4-5-20-9-15(17)19/h10-13H,2-9H2,1H3,(H,16,18)/t10-,11+,12+,13+/m1/s1. The van der Waals surface area contributed by atoms with Gasteiger partial charge in [-0.25, -0.2) is 0 Å². The van der Waals surface area contributed by atoms with Gasteiger partial charge >= 0.3 is 0 Å². The molecule has 3 rings (SSSR count). The van der Waals surface area contributed by atoms with Gasteiger partial charge in [-0.3, -0.25) is 9.59 Å². The topological polar surface area (TPSA) is 58.6 Å². The van der Waals surface area contributed by atoms with Crippen LogP contribution in [0.15, 0.2) is 0 Å². The first-order chi connectivity index (χ1) is 9.63. The van der Waals surface area contributed by atoms with Crippen LogP contribution in [0.1, 0.15) is 32.6 Å². The lowest BCUT2D eigenvalue weighted by molar-refractivity contribution is -0.146. The van der Waals surface area contributed by atoms with Gasteiger partial charge in [0.05, 0.1) is 13.2 Å². The van der Waals surface area contributed by atoms with E-state index in [4.69, 9.17) is 4.74 Å². The van der Waals surface area contributed by atoms with Crippen LogP contribution < -0.4 is 5.32 Å². The van der Waals surface area contributed by atoms with Crippen molar-refractivity contribution < 1.29 is 14.3 Å². The van der Waals surface area contributed by atoms with Gasteiger partial charge in [-0.05, 0) is 43.9 Å². The van der Waals surface area contributed by atoms with Crippen LogP contribution in [0.3, 0.4) is 0 Å². The van der Waals surface area contributed by atoms with E-state index in [0.717, 1.165) is 11.8 Å². The molecule has 0 unspecified atom stereocenters. The summed E-state index contributed by atoms with van der Waals surface area (Å²) in [6.45, 7) is 3.45. The number of nitrogens with one attached hydrogen (secondary N) is 1. The van der Waals surface area contributed by atoms with Gasteiger partial charge in [0.2, 0.25) is 11.8 Å². The second kappa shape index (κ2) is 5.72. The third kappa shape index (κ3) is 2.82. The second-order valence-corrected chi connectivity index (χ2v) is 6.56. The van der Waals surface area contributed by atoms with Gasteiger partial charge in [0, 0.05) is 12.6 Å². The lowest BCUT2D eigenvalue weighted by atomic mass is 9.84. The molecule has 0 aromatic rings. The molecule has 20 heavy (non-hydrogen) atoms. The first kappa shape index (κ1) is 13.9. The van der Waals surface area contributed by atoms with Crippen LogP contribution in [0, 0.1) is 17.8 Å². The summed E-state index contributed by atoms with van der Waals surface area (Å²) in [5.41, 5.74) is 0. The molecule has 3 fully saturated rings. The highest BCUT2D eigenvalue weighted by molar-refractivity contribution is 5.85. The minimum Gasteiger partial charge on any atom is -0.370 e. The Morgan fingerprint density at radius 1 is 1.45 bits per heavy atom. The number of fused-ring (bicyclic) bond motifs is 2. The molecule has 5 heteroatoms. The highest BCUT2D eigenvalue weighted by Crippen LogP contribution is 2.49. The van der Waals surface area contributed by atoms with Crippen molar-refractivity contribution in [3.63, 3.8) is 0 Å². The molecule has 1 N–H and O–H groups in total. The summed E-state index contributed by atoms with van der Waals surface area (Å²) in [6, 6.07) is 0.231. The van der Waals surface area contributed by atoms with E-state index in [1.165, 1.54) is 25.7 Å². The number of ether oxygens (including phenoxy) is 1. The molecule has 1 saturated heterocycles. The van der Waals surface area contributed by atoms with E-state index < -0.39 is 0 Å². The summed E-state index contributed by atoms with van der Waals surface area (Å²) in [4.78, 5) is 25.3. The maximum atomic E-state index is 12.1. The number of carbonyl (C=O) groups excluding carboxylic acids is 2. The molecular weight excluding hydrogens is 256 g/mol. The Labute approximate surface area is 120 Å². The first-order valence-electron chi connectivity index (χ1n) is 7.78. The van der Waals surface area contributed by atoms with E-state index in [-0.39, 0.29) is 31.0 Å². The fraction of sp³-hybridized carbons (Fsp3) is 0.867. The molecule has 2 aliphatic carbocycles. The van der Waals surface area contributed by atoms with Crippen LogP contribution in [0.25, 0.3) is 0 Å². The Bertz CT molecular complexity index is 399. The summed E-state index contributed by atoms with van der Waals surface area (Å²) in [6.07, 6.45) is 5.33. The van der Waals surface area contributed by atoms with E-state index in [9.17, 15) is 9.59 Å². The normalized spacial score (nSPS) is 34.4. The zero-order valence-electron chi connectivity index (χ0n) is 12.1. The van der Waals surface area contributed by atoms with Crippen molar-refractivity contribution in [2.45, 2.75) is 38.6 Å². The van der Waals surface area contributed by atoms with Gasteiger partial charge < -0.3 is 15.0 Å². The lowest BCUT2D eigenvalue weighted by Gasteiger charge is -2.30. The van der Waals surface area contributed by atoms with E-state index in [0.29, 0.717) is 19.1 Å². The van der Waals surface area contributed by atoms with E-state index in [2.05, 4.69) is 12.2 Å². The molecule has 4 atom stereocenters. The zero-order valence-corrected chi connectivity index (χ0v) is 12.1. The minimum atomic E-state index is -0.0843. The Morgan fingerprint density at radius 3 is 2.95 bits per heavy atom. The Balaban J connectivity index is 1.47. The Morgan fingerprint density at radius 2 is 2.30 bits per heavy atom. The number of hydrogen-bond donors (Lipinski definition) is 1. The monoisotopic (exact) mass is 280 g/mol. The maximum Gasteiger partial charge on any atom is 0.249 e. The molecule has 1 aliphatic heterocycles. The highest BCUT2D eigenvalue weighted by atomic mass is 16.5. The largest absolute Gasteiger partial charge is 0.370 e. The summed E-state index contributed by atoms with van der Waals surface area (Å²) in [7, 11) is 0. The third-order valence-corrected chi connectivity index (χ3v) is 5.24. The van der Waals surface area contributed by atoms with Crippen molar-refractivity contribution in [2.24, 2.45) is 17.8 Å². The molecule has 2 saturated carbocycles. The molecule has 112 valence electrons. The number of carbonyl (C=O) groups is 2. The van der Waals surface area contributed by atoms with Crippen LogP contribution >= 0.6 is 0 Å². The molecule has 3 aliphatic rings. The van der Waals surface area contributed by atoms with Gasteiger partial charge in [-0.2, -0.15) is 0 Å². The van der Waals surface area contributed by atoms with Crippen LogP contribution in [0.4, 0.5) is 0 Å². The van der Waals surface area contributed by atoms with Crippen LogP contribution in [-0.2, 0) is 14.3 Å². The number of amides is 2. The molecule has 0 aromatic heterocycles. The van der Waals surface area contributed by atoms with Crippen molar-refractivity contribution in [2.75, 3.05) is 26.3 Å². The van der Waals surface area contributed by atoms with Gasteiger partial charge in [-0.1, -0.05) is 6.42 Å². The number of hydrogen-bond acceptors (Lipinski definition) is 3. The Hall–Kier alpha value is -1.10. The molecular formula is C15H24N2O3. The molecule has 2 amide bonds. The van der Waals surface area contributed by atoms with Gasteiger partial charge in [0.25, 0.3) is 0 Å². The fourth-order valence-corrected chi connectivity index (χ4v) is 4.20. The van der Waals surface area contributed by atoms with Crippen LogP contribution in [-0.4, -0.2) is 49.1 Å². The van der Waals surface area contributed by atoms with Gasteiger partial charge in [0.1, 0.15) is 6.61 Å². The summed E-state index contributed by atoms with van der Waals surface area (Å²) < 4.78 is 5.07. The van der Waals surface area contributed by atoms with E-state index in [1.54, 1.807) is 4.90 Å². The quantitative estimate of drug-likeness (QED) is 0.828. The molecule has 0 spiro atoms. The number of morpholine rings is 1. The highest BCUT2D eigenvalue weighted by Gasteiger charge is 2.42. The van der Waals surface area contributed by atoms with E-state index >= 15 is 0 Å². The van der Waals surface area contributed by atoms with Crippen LogP contribution in [0.2, 0.25) is 0 Å². The number of rotatable bonds is 4. The maximum absolute atomic E-state index is 12.1. The van der Waals surface area contributed by atoms with Crippen LogP contribution in [0.5, 0.6) is 0 Å². The molecule has 0 radical (unpaired) electrons. The van der Waals surface area contributed by atoms with Crippen molar-refractivity contribution in [1.29, 1.82) is 0 Å². The fourth-order valence-electron chi connectivity index (χ4n) is 4.20. The smallest absolute Gasteiger partial charge is 0.249 e. The average molecular weight is 280 g/mol. The zero-order chi connectivity index (χ0) is 14.1. The predicted molar refractivity (Wildman–Crippen MR) is 73.9 cm³/mol. The van der Waals surface area contributed by atoms with Crippen molar-refractivity contribution in [3.05, 3.63) is 0 Å². The number of nitrogens with zero attached hydrogens (tertiary/aromatic N) is 1. The van der Waals surface area contributed by atoms with E-state index in [1.807, 2.05) is 0 Å². The lowest BCUT2D eigenvalue weighted by Crippen LogP contribution is -2.49. The van der Waals surface area contributed by atoms with Crippen molar-refractivity contribution in [1.82, 2.24) is 10.2 Å². The van der Waals surface area contributed by atoms with Gasteiger partial charge in [-0.15, -0.1) is 0 Å². The molecule has 5 nitrogen and oxygen atoms in total. The SMILES string of the molecule is C[C@@H](NC(=O)CN1CCOCC1=O)[C@@H]1C[C@H]2CC[C@H]1C2. The summed E-state index contributed by atoms with van der Waals surface area (Å²) in [5.74, 6) is 2.22.